The van der Waals surface area contributed by atoms with Crippen LogP contribution in [0.5, 0.6) is 0 Å². The van der Waals surface area contributed by atoms with Crippen molar-refractivity contribution in [3.05, 3.63) is 0 Å². The second-order valence-electron chi connectivity index (χ2n) is 9.15. The molecule has 5 atom stereocenters. The van der Waals surface area contributed by atoms with Crippen molar-refractivity contribution in [1.29, 1.82) is 0 Å². The smallest absolute Gasteiger partial charge is 0.328 e. The first-order valence-corrected chi connectivity index (χ1v) is 10.8. The number of hydrogen-bond acceptors (Lipinski definition) is 6. The Morgan fingerprint density at radius 1 is 1.13 bits per heavy atom. The first-order valence-electron chi connectivity index (χ1n) is 10.8. The number of amides is 3. The largest absolute Gasteiger partial charge is 0.467 e. The Balaban J connectivity index is 2.79. The third-order valence-electron chi connectivity index (χ3n) is 5.42. The van der Waals surface area contributed by atoms with E-state index in [-0.39, 0.29) is 30.3 Å². The van der Waals surface area contributed by atoms with Crippen molar-refractivity contribution in [3.63, 3.8) is 0 Å². The fourth-order valence-electron chi connectivity index (χ4n) is 3.69. The number of methoxy groups -OCH3 is 1. The molecule has 5 N–H and O–H groups in total. The molecule has 30 heavy (non-hydrogen) atoms. The zero-order valence-electron chi connectivity index (χ0n) is 19.2. The number of rotatable bonds is 8. The van der Waals surface area contributed by atoms with Crippen LogP contribution >= 0.6 is 0 Å². The van der Waals surface area contributed by atoms with Crippen molar-refractivity contribution in [1.82, 2.24) is 15.5 Å². The standard InChI is InChI=1S/C21H40N4O5/c1-12(2)9-15(22)19(27)23-16-8-7-14(5)25(11-18(16)26)21(29)24-17(10-13(3)4)20(28)30-6/h12-18,26H,7-11,22H2,1-6H3,(H,23,27)(H,24,29)/t14-,15+,16?,17+,18?/m1/s1. The van der Waals surface area contributed by atoms with Crippen molar-refractivity contribution >= 4 is 17.9 Å². The Bertz CT molecular complexity index is 584. The van der Waals surface area contributed by atoms with Crippen LogP contribution in [0.2, 0.25) is 0 Å². The van der Waals surface area contributed by atoms with Gasteiger partial charge in [-0.3, -0.25) is 4.79 Å². The number of aliphatic hydroxyl groups is 1. The molecule has 9 heteroatoms. The van der Waals surface area contributed by atoms with Gasteiger partial charge in [-0.05, 0) is 44.4 Å². The first kappa shape index (κ1) is 26.2. The maximum atomic E-state index is 12.9. The molecule has 1 saturated heterocycles. The number of hydrogen-bond donors (Lipinski definition) is 4. The third-order valence-corrected chi connectivity index (χ3v) is 5.42. The van der Waals surface area contributed by atoms with Crippen LogP contribution in [-0.2, 0) is 14.3 Å². The Hall–Kier alpha value is -1.87. The van der Waals surface area contributed by atoms with E-state index in [1.54, 1.807) is 0 Å². The molecule has 1 heterocycles. The van der Waals surface area contributed by atoms with Gasteiger partial charge in [-0.15, -0.1) is 0 Å². The summed E-state index contributed by atoms with van der Waals surface area (Å²) in [6, 6.07) is -2.46. The van der Waals surface area contributed by atoms with Gasteiger partial charge < -0.3 is 31.1 Å². The lowest BCUT2D eigenvalue weighted by atomic mass is 10.0. The van der Waals surface area contributed by atoms with Crippen molar-refractivity contribution < 1.29 is 24.2 Å². The Morgan fingerprint density at radius 3 is 2.27 bits per heavy atom. The minimum Gasteiger partial charge on any atom is -0.467 e. The van der Waals surface area contributed by atoms with Gasteiger partial charge in [-0.2, -0.15) is 0 Å². The number of nitrogens with zero attached hydrogens (tertiary/aromatic N) is 1. The summed E-state index contributed by atoms with van der Waals surface area (Å²) in [5.74, 6) is -0.306. The first-order chi connectivity index (χ1) is 14.0. The minimum absolute atomic E-state index is 0.0485. The molecule has 174 valence electrons. The molecule has 0 aromatic rings. The number of likely N-dealkylation sites (tertiary alicyclic amines) is 1. The highest BCUT2D eigenvalue weighted by Gasteiger charge is 2.35. The Labute approximate surface area is 180 Å². The lowest BCUT2D eigenvalue weighted by Crippen LogP contribution is -2.55. The van der Waals surface area contributed by atoms with Crippen molar-refractivity contribution in [2.24, 2.45) is 17.6 Å². The lowest BCUT2D eigenvalue weighted by Gasteiger charge is -2.31. The van der Waals surface area contributed by atoms with Crippen LogP contribution < -0.4 is 16.4 Å². The molecular weight excluding hydrogens is 388 g/mol. The van der Waals surface area contributed by atoms with E-state index in [9.17, 15) is 19.5 Å². The highest BCUT2D eigenvalue weighted by molar-refractivity contribution is 5.84. The summed E-state index contributed by atoms with van der Waals surface area (Å²) >= 11 is 0. The van der Waals surface area contributed by atoms with Gasteiger partial charge in [-0.25, -0.2) is 9.59 Å². The molecule has 0 aliphatic carbocycles. The maximum Gasteiger partial charge on any atom is 0.328 e. The molecule has 1 aliphatic rings. The summed E-state index contributed by atoms with van der Waals surface area (Å²) in [7, 11) is 1.29. The van der Waals surface area contributed by atoms with E-state index in [4.69, 9.17) is 10.5 Å². The fraction of sp³-hybridized carbons (Fsp3) is 0.857. The maximum absolute atomic E-state index is 12.9. The predicted molar refractivity (Wildman–Crippen MR) is 115 cm³/mol. The van der Waals surface area contributed by atoms with E-state index in [1.807, 2.05) is 34.6 Å². The van der Waals surface area contributed by atoms with Crippen molar-refractivity contribution in [3.8, 4) is 0 Å². The van der Waals surface area contributed by atoms with Gasteiger partial charge in [0.1, 0.15) is 6.04 Å². The van der Waals surface area contributed by atoms with Crippen LogP contribution in [0.15, 0.2) is 0 Å². The number of β-amino-alcohol motifs (C(OH)–C–C–N with tert-alkyl or cyclic N) is 1. The van der Waals surface area contributed by atoms with Crippen LogP contribution in [0.3, 0.4) is 0 Å². The van der Waals surface area contributed by atoms with Crippen molar-refractivity contribution in [2.45, 2.75) is 90.6 Å². The van der Waals surface area contributed by atoms with Crippen LogP contribution in [0.25, 0.3) is 0 Å². The van der Waals surface area contributed by atoms with E-state index in [2.05, 4.69) is 10.6 Å². The van der Waals surface area contributed by atoms with Gasteiger partial charge >= 0.3 is 12.0 Å². The molecule has 1 rings (SSSR count). The Kier molecular flexibility index (Phi) is 10.6. The zero-order chi connectivity index (χ0) is 23.0. The molecule has 0 radical (unpaired) electrons. The highest BCUT2D eigenvalue weighted by atomic mass is 16.5. The predicted octanol–water partition coefficient (Wildman–Crippen LogP) is 0.987. The SMILES string of the molecule is COC(=O)[C@H](CC(C)C)NC(=O)N1CC(O)C(NC(=O)[C@@H](N)CC(C)C)CC[C@H]1C. The van der Waals surface area contributed by atoms with Gasteiger partial charge in [0.05, 0.1) is 31.8 Å². The zero-order valence-corrected chi connectivity index (χ0v) is 19.2. The fourth-order valence-corrected chi connectivity index (χ4v) is 3.69. The van der Waals surface area contributed by atoms with Crippen LogP contribution in [0.1, 0.15) is 60.3 Å². The average Bonchev–Trinajstić information content (AvgIpc) is 2.79. The molecular formula is C21H40N4O5. The highest BCUT2D eigenvalue weighted by Crippen LogP contribution is 2.19. The van der Waals surface area contributed by atoms with Gasteiger partial charge in [-0.1, -0.05) is 27.7 Å². The average molecular weight is 429 g/mol. The summed E-state index contributed by atoms with van der Waals surface area (Å²) in [4.78, 5) is 38.8. The number of ether oxygens (including phenoxy) is 1. The molecule has 1 fully saturated rings. The van der Waals surface area contributed by atoms with E-state index < -0.39 is 36.2 Å². The lowest BCUT2D eigenvalue weighted by molar-refractivity contribution is -0.143. The molecule has 0 saturated carbocycles. The number of carbonyl (C=O) groups is 3. The Morgan fingerprint density at radius 2 is 1.73 bits per heavy atom. The molecule has 9 nitrogen and oxygen atoms in total. The third kappa shape index (κ3) is 8.10. The molecule has 0 aromatic heterocycles. The summed E-state index contributed by atoms with van der Waals surface area (Å²) in [6.07, 6.45) is 1.21. The number of esters is 1. The topological polar surface area (TPSA) is 134 Å². The minimum atomic E-state index is -0.933. The van der Waals surface area contributed by atoms with Crippen LogP contribution in [0.4, 0.5) is 4.79 Å². The molecule has 0 bridgehead atoms. The molecule has 0 aromatic carbocycles. The summed E-state index contributed by atoms with van der Waals surface area (Å²) < 4.78 is 4.80. The molecule has 2 unspecified atom stereocenters. The van der Waals surface area contributed by atoms with Gasteiger partial charge in [0.25, 0.3) is 0 Å². The number of nitrogens with two attached hydrogens (primary N) is 1. The summed E-state index contributed by atoms with van der Waals surface area (Å²) in [5, 5.41) is 16.2. The van der Waals surface area contributed by atoms with Crippen LogP contribution in [-0.4, -0.2) is 71.8 Å². The number of carbonyl (C=O) groups excluding carboxylic acids is 3. The second kappa shape index (κ2) is 12.1. The van der Waals surface area contributed by atoms with E-state index in [0.717, 1.165) is 0 Å². The molecule has 3 amide bonds. The van der Waals surface area contributed by atoms with Crippen LogP contribution in [0, 0.1) is 11.8 Å². The normalized spacial score (nSPS) is 24.2. The number of aliphatic hydroxyl groups excluding tert-OH is 1. The van der Waals surface area contributed by atoms with Gasteiger partial charge in [0.2, 0.25) is 5.91 Å². The number of urea groups is 1. The van der Waals surface area contributed by atoms with E-state index in [1.165, 1.54) is 12.0 Å². The monoisotopic (exact) mass is 428 g/mol. The van der Waals surface area contributed by atoms with Gasteiger partial charge in [0, 0.05) is 6.04 Å². The van der Waals surface area contributed by atoms with Crippen molar-refractivity contribution in [2.75, 3.05) is 13.7 Å². The second-order valence-corrected chi connectivity index (χ2v) is 9.15. The molecule has 0 spiro atoms. The van der Waals surface area contributed by atoms with E-state index >= 15 is 0 Å². The summed E-state index contributed by atoms with van der Waals surface area (Å²) in [6.45, 7) is 9.83. The molecule has 1 aliphatic heterocycles. The van der Waals surface area contributed by atoms with Gasteiger partial charge in [0.15, 0.2) is 0 Å². The quantitative estimate of drug-likeness (QED) is 0.426. The van der Waals surface area contributed by atoms with E-state index in [0.29, 0.717) is 25.7 Å². The number of nitrogens with one attached hydrogen (secondary N) is 2. The summed E-state index contributed by atoms with van der Waals surface area (Å²) in [5.41, 5.74) is 5.95.